The maximum atomic E-state index is 12.4. The molecule has 0 aliphatic rings. The van der Waals surface area contributed by atoms with Crippen LogP contribution in [0.5, 0.6) is 0 Å². The molecule has 0 radical (unpaired) electrons. The Bertz CT molecular complexity index is 265. The highest BCUT2D eigenvalue weighted by Gasteiger charge is 2.36. The fraction of sp³-hybridized carbons (Fsp3) is 0.917. The first kappa shape index (κ1) is 17.2. The molecule has 0 rings (SSSR count). The van der Waals surface area contributed by atoms with Crippen LogP contribution in [0.4, 0.5) is 13.2 Å². The summed E-state index contributed by atoms with van der Waals surface area (Å²) < 4.78 is 37.3. The van der Waals surface area contributed by atoms with Crippen molar-refractivity contribution in [3.8, 4) is 0 Å². The van der Waals surface area contributed by atoms with Crippen LogP contribution in [0.1, 0.15) is 34.1 Å². The maximum Gasteiger partial charge on any atom is 0.406 e. The number of hydrogen-bond donors (Lipinski definition) is 1. The van der Waals surface area contributed by atoms with Gasteiger partial charge in [0.2, 0.25) is 5.91 Å². The van der Waals surface area contributed by atoms with Crippen molar-refractivity contribution in [1.29, 1.82) is 0 Å². The van der Waals surface area contributed by atoms with E-state index in [4.69, 9.17) is 5.73 Å². The molecule has 0 aromatic heterocycles. The summed E-state index contributed by atoms with van der Waals surface area (Å²) in [5, 5.41) is 0. The van der Waals surface area contributed by atoms with E-state index in [1.807, 2.05) is 13.8 Å². The van der Waals surface area contributed by atoms with Gasteiger partial charge in [0.1, 0.15) is 6.54 Å². The molecule has 18 heavy (non-hydrogen) atoms. The van der Waals surface area contributed by atoms with E-state index in [2.05, 4.69) is 0 Å². The lowest BCUT2D eigenvalue weighted by Gasteiger charge is -2.31. The van der Waals surface area contributed by atoms with Crippen LogP contribution in [0.3, 0.4) is 0 Å². The molecule has 0 spiro atoms. The molecule has 3 nitrogen and oxygen atoms in total. The fourth-order valence-corrected chi connectivity index (χ4v) is 1.81. The van der Waals surface area contributed by atoms with Crippen molar-refractivity contribution in [1.82, 2.24) is 4.90 Å². The number of amides is 1. The van der Waals surface area contributed by atoms with E-state index in [0.717, 1.165) is 4.90 Å². The first-order valence-electron chi connectivity index (χ1n) is 6.15. The summed E-state index contributed by atoms with van der Waals surface area (Å²) in [6.07, 6.45) is -3.87. The topological polar surface area (TPSA) is 46.3 Å². The lowest BCUT2D eigenvalue weighted by Crippen LogP contribution is -2.47. The quantitative estimate of drug-likeness (QED) is 0.804. The molecule has 0 aliphatic carbocycles. The fourth-order valence-electron chi connectivity index (χ4n) is 1.81. The van der Waals surface area contributed by atoms with Gasteiger partial charge in [0, 0.05) is 12.6 Å². The molecule has 1 atom stereocenters. The zero-order chi connectivity index (χ0) is 14.5. The van der Waals surface area contributed by atoms with E-state index in [1.54, 1.807) is 13.8 Å². The second kappa shape index (κ2) is 6.97. The predicted molar refractivity (Wildman–Crippen MR) is 64.9 cm³/mol. The second-order valence-corrected chi connectivity index (χ2v) is 5.24. The van der Waals surface area contributed by atoms with Gasteiger partial charge in [0.25, 0.3) is 0 Å². The summed E-state index contributed by atoms with van der Waals surface area (Å²) in [4.78, 5) is 12.9. The molecule has 1 unspecified atom stereocenters. The van der Waals surface area contributed by atoms with Crippen molar-refractivity contribution in [2.24, 2.45) is 17.6 Å². The lowest BCUT2D eigenvalue weighted by molar-refractivity contribution is -0.167. The molecule has 0 bridgehead atoms. The first-order valence-corrected chi connectivity index (χ1v) is 6.15. The van der Waals surface area contributed by atoms with E-state index in [9.17, 15) is 18.0 Å². The Kier molecular flexibility index (Phi) is 6.67. The van der Waals surface area contributed by atoms with Crippen molar-refractivity contribution in [3.05, 3.63) is 0 Å². The molecule has 0 aliphatic heterocycles. The van der Waals surface area contributed by atoms with E-state index >= 15 is 0 Å². The standard InChI is InChI=1S/C12H23F3N2O/c1-8(2)5-10(6-16)11(18)17(9(3)4)7-12(13,14)15/h8-10H,5-7,16H2,1-4H3. The third-order valence-electron chi connectivity index (χ3n) is 2.65. The highest BCUT2D eigenvalue weighted by molar-refractivity contribution is 5.79. The molecule has 1 amide bonds. The Morgan fingerprint density at radius 3 is 2.00 bits per heavy atom. The van der Waals surface area contributed by atoms with Gasteiger partial charge in [0.05, 0.1) is 5.92 Å². The number of alkyl halides is 3. The number of nitrogens with two attached hydrogens (primary N) is 1. The van der Waals surface area contributed by atoms with Crippen LogP contribution in [0, 0.1) is 11.8 Å². The van der Waals surface area contributed by atoms with Crippen molar-refractivity contribution >= 4 is 5.91 Å². The summed E-state index contributed by atoms with van der Waals surface area (Å²) in [5.41, 5.74) is 5.49. The van der Waals surface area contributed by atoms with Gasteiger partial charge in [0.15, 0.2) is 0 Å². The summed E-state index contributed by atoms with van der Waals surface area (Å²) in [7, 11) is 0. The van der Waals surface area contributed by atoms with Gasteiger partial charge in [-0.15, -0.1) is 0 Å². The van der Waals surface area contributed by atoms with Gasteiger partial charge >= 0.3 is 6.18 Å². The molecule has 2 N–H and O–H groups in total. The van der Waals surface area contributed by atoms with Crippen molar-refractivity contribution in [3.63, 3.8) is 0 Å². The van der Waals surface area contributed by atoms with Gasteiger partial charge in [-0.25, -0.2) is 0 Å². The normalized spacial score (nSPS) is 14.1. The van der Waals surface area contributed by atoms with Crippen molar-refractivity contribution in [2.45, 2.75) is 46.3 Å². The molecule has 6 heteroatoms. The van der Waals surface area contributed by atoms with Gasteiger partial charge in [-0.2, -0.15) is 13.2 Å². The van der Waals surface area contributed by atoms with E-state index in [0.29, 0.717) is 6.42 Å². The Hall–Kier alpha value is -0.780. The molecule has 0 aromatic carbocycles. The molecular weight excluding hydrogens is 245 g/mol. The molecule has 0 saturated carbocycles. The van der Waals surface area contributed by atoms with Crippen LogP contribution in [0.2, 0.25) is 0 Å². The number of nitrogens with zero attached hydrogens (tertiary/aromatic N) is 1. The van der Waals surface area contributed by atoms with E-state index < -0.39 is 30.6 Å². The van der Waals surface area contributed by atoms with Crippen LogP contribution in [-0.2, 0) is 4.79 Å². The SMILES string of the molecule is CC(C)CC(CN)C(=O)N(CC(F)(F)F)C(C)C. The second-order valence-electron chi connectivity index (χ2n) is 5.24. The molecule has 0 fully saturated rings. The average Bonchev–Trinajstić information content (AvgIpc) is 2.19. The summed E-state index contributed by atoms with van der Waals surface area (Å²) in [6, 6.07) is -0.486. The number of carbonyl (C=O) groups excluding carboxylic acids is 1. The van der Waals surface area contributed by atoms with Crippen LogP contribution >= 0.6 is 0 Å². The van der Waals surface area contributed by atoms with Crippen LogP contribution in [0.15, 0.2) is 0 Å². The molecule has 108 valence electrons. The number of rotatable bonds is 6. The highest BCUT2D eigenvalue weighted by Crippen LogP contribution is 2.21. The van der Waals surface area contributed by atoms with Crippen LogP contribution in [-0.4, -0.2) is 36.1 Å². The van der Waals surface area contributed by atoms with Gasteiger partial charge in [-0.05, 0) is 26.2 Å². The third kappa shape index (κ3) is 6.23. The minimum Gasteiger partial charge on any atom is -0.331 e. The zero-order valence-electron chi connectivity index (χ0n) is 11.4. The molecule has 0 heterocycles. The maximum absolute atomic E-state index is 12.4. The van der Waals surface area contributed by atoms with E-state index in [-0.39, 0.29) is 12.5 Å². The smallest absolute Gasteiger partial charge is 0.331 e. The zero-order valence-corrected chi connectivity index (χ0v) is 11.4. The third-order valence-corrected chi connectivity index (χ3v) is 2.65. The Balaban J connectivity index is 4.83. The van der Waals surface area contributed by atoms with Gasteiger partial charge in [-0.1, -0.05) is 13.8 Å². The van der Waals surface area contributed by atoms with Gasteiger partial charge in [-0.3, -0.25) is 4.79 Å². The number of carbonyl (C=O) groups is 1. The molecular formula is C12H23F3N2O. The molecule has 0 aromatic rings. The minimum atomic E-state index is -4.38. The number of hydrogen-bond acceptors (Lipinski definition) is 2. The lowest BCUT2D eigenvalue weighted by atomic mass is 9.95. The van der Waals surface area contributed by atoms with Crippen molar-refractivity contribution < 1.29 is 18.0 Å². The van der Waals surface area contributed by atoms with Crippen LogP contribution < -0.4 is 5.73 Å². The monoisotopic (exact) mass is 268 g/mol. The highest BCUT2D eigenvalue weighted by atomic mass is 19.4. The Labute approximate surface area is 107 Å². The van der Waals surface area contributed by atoms with Crippen molar-refractivity contribution in [2.75, 3.05) is 13.1 Å². The Morgan fingerprint density at radius 2 is 1.72 bits per heavy atom. The average molecular weight is 268 g/mol. The minimum absolute atomic E-state index is 0.0814. The predicted octanol–water partition coefficient (Wildman–Crippen LogP) is 2.41. The summed E-state index contributed by atoms with van der Waals surface area (Å²) in [6.45, 7) is 5.86. The first-order chi connectivity index (χ1) is 8.08. The van der Waals surface area contributed by atoms with Gasteiger partial charge < -0.3 is 10.6 Å². The summed E-state index contributed by atoms with van der Waals surface area (Å²) in [5.74, 6) is -0.810. The molecule has 0 saturated heterocycles. The van der Waals surface area contributed by atoms with E-state index in [1.165, 1.54) is 0 Å². The largest absolute Gasteiger partial charge is 0.406 e. The summed E-state index contributed by atoms with van der Waals surface area (Å²) >= 11 is 0. The Morgan fingerprint density at radius 1 is 1.22 bits per heavy atom. The number of halogens is 3. The van der Waals surface area contributed by atoms with Crippen LogP contribution in [0.25, 0.3) is 0 Å².